The van der Waals surface area contributed by atoms with Gasteiger partial charge in [-0.15, -0.1) is 0 Å². The van der Waals surface area contributed by atoms with Crippen molar-refractivity contribution < 1.29 is 22.5 Å². The Morgan fingerprint density at radius 1 is 0.938 bits per heavy atom. The molecule has 98 valence electrons. The molecule has 6 heteroatoms. The van der Waals surface area contributed by atoms with Gasteiger partial charge >= 0.3 is 6.18 Å². The highest BCUT2D eigenvalue weighted by atomic mass is 32.2. The lowest BCUT2D eigenvalue weighted by Gasteiger charge is -2.05. The molecule has 0 spiro atoms. The second-order valence-electron chi connectivity index (χ2n) is 3.70. The van der Waals surface area contributed by atoms with Gasteiger partial charge in [0.1, 0.15) is 0 Å². The summed E-state index contributed by atoms with van der Waals surface area (Å²) in [6.45, 7) is 0.178. The molecular formula is C10H19F3O2S. The van der Waals surface area contributed by atoms with Crippen LogP contribution in [0.1, 0.15) is 38.5 Å². The van der Waals surface area contributed by atoms with E-state index in [1.807, 2.05) is 0 Å². The molecule has 0 radical (unpaired) electrons. The Bertz CT molecular complexity index is 195. The zero-order valence-electron chi connectivity index (χ0n) is 9.26. The number of unbranched alkanes of at least 4 members (excludes halogenated alkanes) is 4. The molecule has 1 unspecified atom stereocenters. The van der Waals surface area contributed by atoms with Crippen LogP contribution in [0.3, 0.4) is 0 Å². The van der Waals surface area contributed by atoms with E-state index in [1.54, 1.807) is 0 Å². The second-order valence-corrected chi connectivity index (χ2v) is 5.40. The van der Waals surface area contributed by atoms with Gasteiger partial charge in [0, 0.05) is 28.9 Å². The third-order valence-electron chi connectivity index (χ3n) is 2.14. The van der Waals surface area contributed by atoms with Gasteiger partial charge < -0.3 is 5.11 Å². The number of alkyl halides is 3. The summed E-state index contributed by atoms with van der Waals surface area (Å²) in [6, 6.07) is 0. The van der Waals surface area contributed by atoms with Crippen molar-refractivity contribution >= 4 is 10.8 Å². The van der Waals surface area contributed by atoms with E-state index in [9.17, 15) is 17.4 Å². The molecule has 0 aromatic carbocycles. The second kappa shape index (κ2) is 8.98. The molecule has 0 rings (SSSR count). The lowest BCUT2D eigenvalue weighted by atomic mass is 10.2. The molecule has 1 atom stereocenters. The molecule has 0 aromatic heterocycles. The van der Waals surface area contributed by atoms with Crippen molar-refractivity contribution in [1.82, 2.24) is 0 Å². The third-order valence-corrected chi connectivity index (χ3v) is 3.55. The Morgan fingerprint density at radius 3 is 2.06 bits per heavy atom. The Hall–Kier alpha value is -0.100. The van der Waals surface area contributed by atoms with E-state index < -0.39 is 23.4 Å². The molecule has 0 heterocycles. The fourth-order valence-corrected chi connectivity index (χ4v) is 2.43. The molecule has 0 aliphatic carbocycles. The van der Waals surface area contributed by atoms with E-state index in [4.69, 9.17) is 5.11 Å². The summed E-state index contributed by atoms with van der Waals surface area (Å²) in [7, 11) is -1.34. The minimum atomic E-state index is -4.20. The van der Waals surface area contributed by atoms with Gasteiger partial charge in [-0.25, -0.2) is 0 Å². The third kappa shape index (κ3) is 12.0. The molecule has 0 aliphatic rings. The van der Waals surface area contributed by atoms with Gasteiger partial charge in [0.25, 0.3) is 0 Å². The molecule has 0 bridgehead atoms. The van der Waals surface area contributed by atoms with Crippen LogP contribution in [0.25, 0.3) is 0 Å². The maximum absolute atomic E-state index is 11.8. The van der Waals surface area contributed by atoms with Crippen molar-refractivity contribution in [2.24, 2.45) is 0 Å². The smallest absolute Gasteiger partial charge is 0.390 e. The number of hydrogen-bond donors (Lipinski definition) is 1. The molecule has 0 saturated carbocycles. The maximum atomic E-state index is 11.8. The van der Waals surface area contributed by atoms with Gasteiger partial charge in [-0.2, -0.15) is 13.2 Å². The van der Waals surface area contributed by atoms with Crippen LogP contribution < -0.4 is 0 Å². The van der Waals surface area contributed by atoms with Crippen molar-refractivity contribution in [2.45, 2.75) is 44.7 Å². The number of aliphatic hydroxyl groups is 1. The van der Waals surface area contributed by atoms with Crippen LogP contribution in [0.15, 0.2) is 0 Å². The lowest BCUT2D eigenvalue weighted by molar-refractivity contribution is -0.129. The Labute approximate surface area is 96.7 Å². The standard InChI is InChI=1S/C10H19F3O2S/c11-10(12,13)6-9-16(15)8-5-3-1-2-4-7-14/h14H,1-9H2. The molecule has 16 heavy (non-hydrogen) atoms. The highest BCUT2D eigenvalue weighted by molar-refractivity contribution is 7.84. The summed E-state index contributed by atoms with van der Waals surface area (Å²) in [4.78, 5) is 0. The molecular weight excluding hydrogens is 241 g/mol. The highest BCUT2D eigenvalue weighted by Crippen LogP contribution is 2.19. The molecule has 0 fully saturated rings. The van der Waals surface area contributed by atoms with Gasteiger partial charge in [0.2, 0.25) is 0 Å². The molecule has 1 N–H and O–H groups in total. The van der Waals surface area contributed by atoms with Crippen LogP contribution in [0.4, 0.5) is 13.2 Å². The predicted molar refractivity (Wildman–Crippen MR) is 58.7 cm³/mol. The largest absolute Gasteiger partial charge is 0.396 e. The fourth-order valence-electron chi connectivity index (χ4n) is 1.24. The zero-order valence-corrected chi connectivity index (χ0v) is 10.1. The number of rotatable bonds is 9. The SMILES string of the molecule is O=S(CCCCCCCO)CCC(F)(F)F. The fraction of sp³-hybridized carbons (Fsp3) is 1.00. The van der Waals surface area contributed by atoms with Crippen LogP contribution in [0, 0.1) is 0 Å². The normalized spacial score (nSPS) is 14.0. The van der Waals surface area contributed by atoms with Crippen LogP contribution >= 0.6 is 0 Å². The first-order valence-corrected chi connectivity index (χ1v) is 6.97. The average Bonchev–Trinajstić information content (AvgIpc) is 2.19. The van der Waals surface area contributed by atoms with Crippen LogP contribution in [0.5, 0.6) is 0 Å². The molecule has 0 aliphatic heterocycles. The molecule has 2 nitrogen and oxygen atoms in total. The van der Waals surface area contributed by atoms with Crippen molar-refractivity contribution in [3.05, 3.63) is 0 Å². The summed E-state index contributed by atoms with van der Waals surface area (Å²) in [5.74, 6) is 0.0787. The maximum Gasteiger partial charge on any atom is 0.390 e. The molecule has 0 saturated heterocycles. The van der Waals surface area contributed by atoms with E-state index >= 15 is 0 Å². The van der Waals surface area contributed by atoms with Crippen LogP contribution in [-0.4, -0.2) is 33.6 Å². The average molecular weight is 260 g/mol. The van der Waals surface area contributed by atoms with Gasteiger partial charge in [0.05, 0.1) is 6.42 Å². The molecule has 0 aromatic rings. The first kappa shape index (κ1) is 15.9. The van der Waals surface area contributed by atoms with E-state index in [0.717, 1.165) is 25.7 Å². The monoisotopic (exact) mass is 260 g/mol. The van der Waals surface area contributed by atoms with Crippen molar-refractivity contribution in [3.8, 4) is 0 Å². The summed E-state index contributed by atoms with van der Waals surface area (Å²) in [5, 5.41) is 8.50. The Kier molecular flexibility index (Phi) is 8.93. The van der Waals surface area contributed by atoms with E-state index in [0.29, 0.717) is 12.2 Å². The van der Waals surface area contributed by atoms with Gasteiger partial charge in [-0.05, 0) is 12.8 Å². The topological polar surface area (TPSA) is 37.3 Å². The number of hydrogen-bond acceptors (Lipinski definition) is 2. The highest BCUT2D eigenvalue weighted by Gasteiger charge is 2.27. The summed E-state index contributed by atoms with van der Waals surface area (Å²) in [5.41, 5.74) is 0. The van der Waals surface area contributed by atoms with Gasteiger partial charge in [-0.3, -0.25) is 4.21 Å². The van der Waals surface area contributed by atoms with Crippen molar-refractivity contribution in [1.29, 1.82) is 0 Å². The van der Waals surface area contributed by atoms with Crippen LogP contribution in [0.2, 0.25) is 0 Å². The first-order chi connectivity index (χ1) is 7.45. The van der Waals surface area contributed by atoms with E-state index in [1.165, 1.54) is 0 Å². The Balaban J connectivity index is 3.31. The summed E-state index contributed by atoms with van der Waals surface area (Å²) >= 11 is 0. The zero-order chi connectivity index (χ0) is 12.4. The number of aliphatic hydroxyl groups excluding tert-OH is 1. The summed E-state index contributed by atoms with van der Waals surface area (Å²) < 4.78 is 46.5. The first-order valence-electron chi connectivity index (χ1n) is 5.48. The van der Waals surface area contributed by atoms with E-state index in [-0.39, 0.29) is 12.4 Å². The molecule has 0 amide bonds. The van der Waals surface area contributed by atoms with Gasteiger partial charge in [-0.1, -0.05) is 19.3 Å². The minimum Gasteiger partial charge on any atom is -0.396 e. The number of halogens is 3. The van der Waals surface area contributed by atoms with Crippen molar-refractivity contribution in [3.63, 3.8) is 0 Å². The quantitative estimate of drug-likeness (QED) is 0.647. The predicted octanol–water partition coefficient (Wildman–Crippen LogP) is 2.63. The minimum absolute atomic E-state index is 0.178. The van der Waals surface area contributed by atoms with Gasteiger partial charge in [0.15, 0.2) is 0 Å². The van der Waals surface area contributed by atoms with Crippen molar-refractivity contribution in [2.75, 3.05) is 18.1 Å². The summed E-state index contributed by atoms with van der Waals surface area (Å²) in [6.07, 6.45) is -0.950. The van der Waals surface area contributed by atoms with E-state index in [2.05, 4.69) is 0 Å². The Morgan fingerprint density at radius 2 is 1.50 bits per heavy atom. The van der Waals surface area contributed by atoms with Crippen LogP contribution in [-0.2, 0) is 10.8 Å². The lowest BCUT2D eigenvalue weighted by Crippen LogP contribution is -2.14.